The Balaban J connectivity index is 1.99. The normalized spacial score (nSPS) is 15.1. The van der Waals surface area contributed by atoms with Crippen molar-refractivity contribution in [3.05, 3.63) is 63.5 Å². The summed E-state index contributed by atoms with van der Waals surface area (Å²) in [6.45, 7) is 0. The Morgan fingerprint density at radius 3 is 2.58 bits per heavy atom. The van der Waals surface area contributed by atoms with E-state index in [4.69, 9.17) is 21.1 Å². The van der Waals surface area contributed by atoms with E-state index in [-0.39, 0.29) is 21.2 Å². The summed E-state index contributed by atoms with van der Waals surface area (Å²) in [5.74, 6) is -0.750. The van der Waals surface area contributed by atoms with Gasteiger partial charge in [0.25, 0.3) is 11.1 Å². The average molecular weight is 390 g/mol. The highest BCUT2D eigenvalue weighted by atomic mass is 35.5. The van der Waals surface area contributed by atoms with Crippen molar-refractivity contribution in [3.63, 3.8) is 0 Å². The van der Waals surface area contributed by atoms with E-state index in [2.05, 4.69) is 5.32 Å². The van der Waals surface area contributed by atoms with E-state index in [1.54, 1.807) is 36.4 Å². The van der Waals surface area contributed by atoms with Gasteiger partial charge in [0.15, 0.2) is 11.5 Å². The van der Waals surface area contributed by atoms with E-state index in [0.717, 1.165) is 11.8 Å². The largest absolute Gasteiger partial charge is 0.493 e. The number of ether oxygens (including phenoxy) is 2. The number of benzene rings is 2. The molecular formula is C18H12ClNO5S. The summed E-state index contributed by atoms with van der Waals surface area (Å²) in [5, 5.41) is 1.96. The van der Waals surface area contributed by atoms with Crippen molar-refractivity contribution in [2.45, 2.75) is 0 Å². The van der Waals surface area contributed by atoms with Gasteiger partial charge in [-0.1, -0.05) is 35.9 Å². The number of thioether (sulfide) groups is 1. The quantitative estimate of drug-likeness (QED) is 0.485. The maximum absolute atomic E-state index is 12.5. The summed E-state index contributed by atoms with van der Waals surface area (Å²) in [5.41, 5.74) is 0.610. The Kier molecular flexibility index (Phi) is 5.29. The van der Waals surface area contributed by atoms with E-state index >= 15 is 0 Å². The summed E-state index contributed by atoms with van der Waals surface area (Å²) >= 11 is 6.80. The number of para-hydroxylation sites is 1. The third-order valence-corrected chi connectivity index (χ3v) is 4.59. The van der Waals surface area contributed by atoms with Crippen molar-refractivity contribution in [2.24, 2.45) is 0 Å². The van der Waals surface area contributed by atoms with Crippen LogP contribution in [0.3, 0.4) is 0 Å². The van der Waals surface area contributed by atoms with E-state index < -0.39 is 17.1 Å². The minimum Gasteiger partial charge on any atom is -0.493 e. The highest BCUT2D eigenvalue weighted by Gasteiger charge is 2.26. The number of halogens is 1. The van der Waals surface area contributed by atoms with Gasteiger partial charge >= 0.3 is 5.97 Å². The number of hydrogen-bond donors (Lipinski definition) is 1. The van der Waals surface area contributed by atoms with Crippen molar-refractivity contribution in [3.8, 4) is 11.5 Å². The molecule has 0 spiro atoms. The number of nitrogens with one attached hydrogen (secondary N) is 1. The molecule has 2 aromatic carbocycles. The highest BCUT2D eigenvalue weighted by molar-refractivity contribution is 8.18. The van der Waals surface area contributed by atoms with E-state index in [1.165, 1.54) is 19.3 Å². The molecule has 2 aromatic rings. The number of carbonyl (C=O) groups excluding carboxylic acids is 3. The number of imide groups is 1. The molecule has 0 aliphatic carbocycles. The molecule has 0 saturated carbocycles. The molecular weight excluding hydrogens is 378 g/mol. The topological polar surface area (TPSA) is 81.7 Å². The Labute approximate surface area is 158 Å². The summed E-state index contributed by atoms with van der Waals surface area (Å²) in [6.07, 6.45) is 1.46. The SMILES string of the molecule is COc1cccc(/C=C2\SC(=O)NC2=O)c1OC(=O)c1ccccc1Cl. The molecule has 1 heterocycles. The first-order valence-electron chi connectivity index (χ1n) is 7.38. The Morgan fingerprint density at radius 1 is 1.15 bits per heavy atom. The molecule has 0 bridgehead atoms. The Hall–Kier alpha value is -2.77. The lowest BCUT2D eigenvalue weighted by molar-refractivity contribution is -0.115. The zero-order valence-electron chi connectivity index (χ0n) is 13.4. The molecule has 0 aromatic heterocycles. The van der Waals surface area contributed by atoms with Crippen LogP contribution in [0.4, 0.5) is 4.79 Å². The molecule has 0 unspecified atom stereocenters. The van der Waals surface area contributed by atoms with Crippen LogP contribution >= 0.6 is 23.4 Å². The fraction of sp³-hybridized carbons (Fsp3) is 0.0556. The van der Waals surface area contributed by atoms with Gasteiger partial charge in [-0.05, 0) is 36.0 Å². The van der Waals surface area contributed by atoms with Gasteiger partial charge in [0.2, 0.25) is 0 Å². The molecule has 1 saturated heterocycles. The van der Waals surface area contributed by atoms with Crippen molar-refractivity contribution in [1.82, 2.24) is 5.32 Å². The second-order valence-corrected chi connectivity index (χ2v) is 6.52. The van der Waals surface area contributed by atoms with Crippen LogP contribution < -0.4 is 14.8 Å². The lowest BCUT2D eigenvalue weighted by Crippen LogP contribution is -2.17. The maximum atomic E-state index is 12.5. The average Bonchev–Trinajstić information content (AvgIpc) is 2.93. The van der Waals surface area contributed by atoms with Crippen LogP contribution in [0, 0.1) is 0 Å². The van der Waals surface area contributed by atoms with Crippen molar-refractivity contribution in [2.75, 3.05) is 7.11 Å². The van der Waals surface area contributed by atoms with Gasteiger partial charge in [-0.25, -0.2) is 4.79 Å². The first-order valence-corrected chi connectivity index (χ1v) is 8.57. The molecule has 1 N–H and O–H groups in total. The first kappa shape index (κ1) is 18.0. The Bertz CT molecular complexity index is 941. The lowest BCUT2D eigenvalue weighted by Gasteiger charge is -2.12. The summed E-state index contributed by atoms with van der Waals surface area (Å²) < 4.78 is 10.7. The third kappa shape index (κ3) is 3.74. The number of amides is 2. The molecule has 1 fully saturated rings. The number of rotatable bonds is 4. The number of methoxy groups -OCH3 is 1. The summed E-state index contributed by atoms with van der Waals surface area (Å²) in [4.78, 5) is 35.8. The molecule has 6 nitrogen and oxygen atoms in total. The molecule has 1 aliphatic rings. The Morgan fingerprint density at radius 2 is 1.92 bits per heavy atom. The minimum atomic E-state index is -0.667. The standard InChI is InChI=1S/C18H12ClNO5S/c1-24-13-8-4-5-10(9-14-16(21)20-18(23)26-14)15(13)25-17(22)11-6-2-3-7-12(11)19/h2-9H,1H3,(H,20,21,23)/b14-9-. The maximum Gasteiger partial charge on any atom is 0.345 e. The molecule has 2 amide bonds. The second-order valence-electron chi connectivity index (χ2n) is 5.10. The van der Waals surface area contributed by atoms with Gasteiger partial charge in [-0.3, -0.25) is 14.9 Å². The highest BCUT2D eigenvalue weighted by Crippen LogP contribution is 2.36. The molecule has 132 valence electrons. The van der Waals surface area contributed by atoms with Crippen molar-refractivity contribution >= 4 is 46.6 Å². The third-order valence-electron chi connectivity index (χ3n) is 3.45. The van der Waals surface area contributed by atoms with Crippen LogP contribution in [0.25, 0.3) is 6.08 Å². The van der Waals surface area contributed by atoms with Crippen molar-refractivity contribution in [1.29, 1.82) is 0 Å². The van der Waals surface area contributed by atoms with Gasteiger partial charge < -0.3 is 9.47 Å². The van der Waals surface area contributed by atoms with Crippen molar-refractivity contribution < 1.29 is 23.9 Å². The molecule has 1 aliphatic heterocycles. The zero-order chi connectivity index (χ0) is 18.7. The molecule has 26 heavy (non-hydrogen) atoms. The van der Waals surface area contributed by atoms with Gasteiger partial charge in [0, 0.05) is 5.56 Å². The summed E-state index contributed by atoms with van der Waals surface area (Å²) in [7, 11) is 1.43. The fourth-order valence-corrected chi connectivity index (χ4v) is 3.14. The lowest BCUT2D eigenvalue weighted by atomic mass is 10.1. The number of carbonyl (C=O) groups is 3. The van der Waals surface area contributed by atoms with E-state index in [9.17, 15) is 14.4 Å². The molecule has 3 rings (SSSR count). The molecule has 0 radical (unpaired) electrons. The molecule has 8 heteroatoms. The minimum absolute atomic E-state index is 0.125. The van der Waals surface area contributed by atoms with Crippen LogP contribution in [0.15, 0.2) is 47.4 Å². The van der Waals surface area contributed by atoms with Crippen LogP contribution in [0.5, 0.6) is 11.5 Å². The van der Waals surface area contributed by atoms with Crippen LogP contribution in [-0.2, 0) is 4.79 Å². The fourth-order valence-electron chi connectivity index (χ4n) is 2.25. The first-order chi connectivity index (χ1) is 12.5. The zero-order valence-corrected chi connectivity index (χ0v) is 15.0. The van der Waals surface area contributed by atoms with Gasteiger partial charge in [-0.15, -0.1) is 0 Å². The van der Waals surface area contributed by atoms with Crippen LogP contribution in [-0.4, -0.2) is 24.2 Å². The van der Waals surface area contributed by atoms with Gasteiger partial charge in [0.05, 0.1) is 22.6 Å². The number of esters is 1. The predicted molar refractivity (Wildman–Crippen MR) is 98.5 cm³/mol. The van der Waals surface area contributed by atoms with Gasteiger partial charge in [-0.2, -0.15) is 0 Å². The summed E-state index contributed by atoms with van der Waals surface area (Å²) in [6, 6.07) is 11.4. The van der Waals surface area contributed by atoms with Crippen LogP contribution in [0.2, 0.25) is 5.02 Å². The van der Waals surface area contributed by atoms with Gasteiger partial charge in [0.1, 0.15) is 0 Å². The number of hydrogen-bond acceptors (Lipinski definition) is 6. The predicted octanol–water partition coefficient (Wildman–Crippen LogP) is 3.89. The van der Waals surface area contributed by atoms with Crippen LogP contribution in [0.1, 0.15) is 15.9 Å². The van der Waals surface area contributed by atoms with E-state index in [1.807, 2.05) is 0 Å². The van der Waals surface area contributed by atoms with E-state index in [0.29, 0.717) is 11.3 Å². The monoisotopic (exact) mass is 389 g/mol. The second kappa shape index (κ2) is 7.63. The smallest absolute Gasteiger partial charge is 0.345 e. The molecule has 0 atom stereocenters.